The van der Waals surface area contributed by atoms with Crippen molar-refractivity contribution in [2.24, 2.45) is 0 Å². The van der Waals surface area contributed by atoms with Gasteiger partial charge >= 0.3 is 5.97 Å². The third kappa shape index (κ3) is 4.97. The summed E-state index contributed by atoms with van der Waals surface area (Å²) in [6, 6.07) is 13.8. The van der Waals surface area contributed by atoms with Crippen LogP contribution in [0.4, 0.5) is 0 Å². The predicted molar refractivity (Wildman–Crippen MR) is 119 cm³/mol. The van der Waals surface area contributed by atoms with Gasteiger partial charge in [-0.1, -0.05) is 0 Å². The van der Waals surface area contributed by atoms with Gasteiger partial charge < -0.3 is 23.7 Å². The van der Waals surface area contributed by atoms with Crippen LogP contribution in [0.2, 0.25) is 0 Å². The van der Waals surface area contributed by atoms with E-state index in [0.29, 0.717) is 34.1 Å². The normalized spacial score (nSPS) is 15.0. The Labute approximate surface area is 191 Å². The molecule has 1 fully saturated rings. The average molecular weight is 444 g/mol. The third-order valence-corrected chi connectivity index (χ3v) is 4.77. The standard InChI is InChI=1S/C25H20N2O6/c1-29-18-5-15(6-19(11-18)30-2)9-22-23(25(28)33-24(22)17(13-26)14-27)10-16-7-20(31-3)12-21(8-16)32-4/h5-12H,1-4H3/b22-9+,23-10-. The largest absolute Gasteiger partial charge is 0.497 e. The van der Waals surface area contributed by atoms with E-state index in [4.69, 9.17) is 23.7 Å². The van der Waals surface area contributed by atoms with Gasteiger partial charge in [0.15, 0.2) is 11.3 Å². The van der Waals surface area contributed by atoms with Crippen LogP contribution in [0.15, 0.2) is 58.9 Å². The zero-order valence-corrected chi connectivity index (χ0v) is 18.5. The Kier molecular flexibility index (Phi) is 7.02. The molecular weight excluding hydrogens is 424 g/mol. The fourth-order valence-corrected chi connectivity index (χ4v) is 3.19. The van der Waals surface area contributed by atoms with Crippen molar-refractivity contribution in [3.05, 3.63) is 70.0 Å². The molecule has 0 aromatic heterocycles. The minimum absolute atomic E-state index is 0.118. The average Bonchev–Trinajstić information content (AvgIpc) is 3.13. The summed E-state index contributed by atoms with van der Waals surface area (Å²) in [6.07, 6.45) is 3.21. The molecule has 1 saturated heterocycles. The second-order valence-corrected chi connectivity index (χ2v) is 6.73. The van der Waals surface area contributed by atoms with Gasteiger partial charge in [-0.15, -0.1) is 0 Å². The number of nitriles is 2. The summed E-state index contributed by atoms with van der Waals surface area (Å²) in [5, 5.41) is 18.8. The predicted octanol–water partition coefficient (Wildman–Crippen LogP) is 4.05. The fourth-order valence-electron chi connectivity index (χ4n) is 3.19. The summed E-state index contributed by atoms with van der Waals surface area (Å²) >= 11 is 0. The lowest BCUT2D eigenvalue weighted by molar-refractivity contribution is -0.132. The van der Waals surface area contributed by atoms with Crippen LogP contribution in [-0.4, -0.2) is 34.4 Å². The lowest BCUT2D eigenvalue weighted by atomic mass is 9.98. The number of esters is 1. The van der Waals surface area contributed by atoms with E-state index < -0.39 is 5.97 Å². The van der Waals surface area contributed by atoms with Crippen molar-refractivity contribution in [3.8, 4) is 35.1 Å². The molecule has 8 heteroatoms. The van der Waals surface area contributed by atoms with Crippen LogP contribution in [0.1, 0.15) is 11.1 Å². The van der Waals surface area contributed by atoms with Crippen LogP contribution in [0.25, 0.3) is 12.2 Å². The number of carbonyl (C=O) groups is 1. The van der Waals surface area contributed by atoms with Crippen LogP contribution < -0.4 is 18.9 Å². The number of benzene rings is 2. The van der Waals surface area contributed by atoms with Crippen LogP contribution >= 0.6 is 0 Å². The monoisotopic (exact) mass is 444 g/mol. The summed E-state index contributed by atoms with van der Waals surface area (Å²) in [7, 11) is 6.07. The van der Waals surface area contributed by atoms with Gasteiger partial charge in [0.25, 0.3) is 0 Å². The van der Waals surface area contributed by atoms with E-state index in [-0.39, 0.29) is 22.5 Å². The van der Waals surface area contributed by atoms with Crippen LogP contribution in [-0.2, 0) is 9.53 Å². The summed E-state index contributed by atoms with van der Waals surface area (Å²) in [5.41, 5.74) is 1.32. The molecule has 166 valence electrons. The molecule has 1 aliphatic heterocycles. The summed E-state index contributed by atoms with van der Waals surface area (Å²) in [5.74, 6) is 1.30. The Morgan fingerprint density at radius 3 is 1.48 bits per heavy atom. The van der Waals surface area contributed by atoms with Crippen molar-refractivity contribution in [1.82, 2.24) is 0 Å². The van der Waals surface area contributed by atoms with E-state index in [2.05, 4.69) is 0 Å². The van der Waals surface area contributed by atoms with E-state index in [0.717, 1.165) is 0 Å². The Hall–Kier alpha value is -4.69. The van der Waals surface area contributed by atoms with Crippen LogP contribution in [0.5, 0.6) is 23.0 Å². The van der Waals surface area contributed by atoms with Crippen LogP contribution in [0.3, 0.4) is 0 Å². The highest BCUT2D eigenvalue weighted by Crippen LogP contribution is 2.37. The Bertz CT molecular complexity index is 1210. The van der Waals surface area contributed by atoms with E-state index >= 15 is 0 Å². The molecule has 0 aliphatic carbocycles. The minimum Gasteiger partial charge on any atom is -0.497 e. The molecular formula is C25H20N2O6. The molecule has 0 radical (unpaired) electrons. The van der Waals surface area contributed by atoms with E-state index in [9.17, 15) is 15.3 Å². The van der Waals surface area contributed by atoms with Gasteiger partial charge in [0.05, 0.1) is 34.0 Å². The summed E-state index contributed by atoms with van der Waals surface area (Å²) < 4.78 is 26.5. The van der Waals surface area contributed by atoms with Gasteiger partial charge in [0, 0.05) is 17.7 Å². The Morgan fingerprint density at radius 2 is 1.12 bits per heavy atom. The SMILES string of the molecule is COc1cc(/C=C2\C(=O)OC(=C(C#N)C#N)\C2=C\c2cc(OC)cc(OC)c2)cc(OC)c1. The minimum atomic E-state index is -0.698. The first-order valence-corrected chi connectivity index (χ1v) is 9.63. The number of cyclic esters (lactones) is 1. The van der Waals surface area contributed by atoms with Crippen molar-refractivity contribution in [3.63, 3.8) is 0 Å². The molecule has 0 saturated carbocycles. The number of hydrogen-bond acceptors (Lipinski definition) is 8. The van der Waals surface area contributed by atoms with E-state index in [1.807, 2.05) is 0 Å². The first-order valence-electron chi connectivity index (χ1n) is 9.63. The second kappa shape index (κ2) is 10.1. The fraction of sp³-hybridized carbons (Fsp3) is 0.160. The van der Waals surface area contributed by atoms with Crippen molar-refractivity contribution >= 4 is 18.1 Å². The number of allylic oxidation sites excluding steroid dienone is 2. The van der Waals surface area contributed by atoms with Gasteiger partial charge in [0.1, 0.15) is 35.1 Å². The number of ether oxygens (including phenoxy) is 5. The topological polar surface area (TPSA) is 111 Å². The Morgan fingerprint density at radius 1 is 0.727 bits per heavy atom. The summed E-state index contributed by atoms with van der Waals surface area (Å²) in [6.45, 7) is 0. The molecule has 0 bridgehead atoms. The van der Waals surface area contributed by atoms with Crippen molar-refractivity contribution in [1.29, 1.82) is 10.5 Å². The number of hydrogen-bond donors (Lipinski definition) is 0. The molecule has 0 N–H and O–H groups in total. The smallest absolute Gasteiger partial charge is 0.344 e. The molecule has 1 heterocycles. The number of nitrogens with zero attached hydrogens (tertiary/aromatic N) is 2. The summed E-state index contributed by atoms with van der Waals surface area (Å²) in [4.78, 5) is 12.8. The highest BCUT2D eigenvalue weighted by atomic mass is 16.5. The lowest BCUT2D eigenvalue weighted by Crippen LogP contribution is -1.96. The highest BCUT2D eigenvalue weighted by Gasteiger charge is 2.33. The number of methoxy groups -OCH3 is 4. The molecule has 0 unspecified atom stereocenters. The first-order chi connectivity index (χ1) is 16.0. The molecule has 0 spiro atoms. The maximum Gasteiger partial charge on any atom is 0.344 e. The highest BCUT2D eigenvalue weighted by molar-refractivity contribution is 6.06. The van der Waals surface area contributed by atoms with Crippen LogP contribution in [0, 0.1) is 22.7 Å². The van der Waals surface area contributed by atoms with Gasteiger partial charge in [0.2, 0.25) is 0 Å². The van der Waals surface area contributed by atoms with Crippen molar-refractivity contribution in [2.75, 3.05) is 28.4 Å². The molecule has 2 aromatic rings. The van der Waals surface area contributed by atoms with Crippen molar-refractivity contribution in [2.45, 2.75) is 0 Å². The maximum absolute atomic E-state index is 12.8. The molecule has 2 aromatic carbocycles. The number of rotatable bonds is 6. The lowest BCUT2D eigenvalue weighted by Gasteiger charge is -2.08. The van der Waals surface area contributed by atoms with Gasteiger partial charge in [-0.3, -0.25) is 0 Å². The maximum atomic E-state index is 12.8. The Balaban J connectivity index is 2.26. The number of carbonyl (C=O) groups excluding carboxylic acids is 1. The quantitative estimate of drug-likeness (QED) is 0.373. The zero-order chi connectivity index (χ0) is 24.0. The van der Waals surface area contributed by atoms with Gasteiger partial charge in [-0.25, -0.2) is 4.79 Å². The third-order valence-electron chi connectivity index (χ3n) is 4.77. The zero-order valence-electron chi connectivity index (χ0n) is 18.5. The molecule has 8 nitrogen and oxygen atoms in total. The first kappa shape index (κ1) is 23.0. The molecule has 0 amide bonds. The van der Waals surface area contributed by atoms with Crippen molar-refractivity contribution < 1.29 is 28.5 Å². The van der Waals surface area contributed by atoms with Gasteiger partial charge in [-0.05, 0) is 47.5 Å². The van der Waals surface area contributed by atoms with E-state index in [1.165, 1.54) is 28.4 Å². The van der Waals surface area contributed by atoms with Gasteiger partial charge in [-0.2, -0.15) is 10.5 Å². The van der Waals surface area contributed by atoms with E-state index in [1.54, 1.807) is 60.7 Å². The molecule has 0 atom stereocenters. The molecule has 33 heavy (non-hydrogen) atoms. The molecule has 1 aliphatic rings. The molecule has 3 rings (SSSR count). The second-order valence-electron chi connectivity index (χ2n) is 6.73.